The van der Waals surface area contributed by atoms with E-state index < -0.39 is 0 Å². The van der Waals surface area contributed by atoms with Crippen molar-refractivity contribution < 1.29 is 4.79 Å². The van der Waals surface area contributed by atoms with E-state index in [1.807, 2.05) is 31.2 Å². The molecule has 2 aromatic rings. The van der Waals surface area contributed by atoms with Gasteiger partial charge in [-0.1, -0.05) is 109 Å². The molecule has 0 saturated heterocycles. The van der Waals surface area contributed by atoms with Gasteiger partial charge in [-0.25, -0.2) is 0 Å². The van der Waals surface area contributed by atoms with Crippen LogP contribution in [0.4, 0.5) is 0 Å². The van der Waals surface area contributed by atoms with E-state index in [0.717, 1.165) is 48.8 Å². The molecule has 0 radical (unpaired) electrons. The Labute approximate surface area is 210 Å². The standard InChI is InChI=1S/C31H36O.2CH4/c1-6-9-14-27-17-11-19-28(24-27)30(32)21-22-31(4,5)29(13-7-2)20-12-18-26-16-10-15-25(8-3)23-26;;/h10-11,15-17,19-20,23-24H,6-8,13,21-22H2,1-5H3;2*1H4/b29-20+;;. The first-order valence-electron chi connectivity index (χ1n) is 11.8. The van der Waals surface area contributed by atoms with Crippen molar-refractivity contribution in [3.8, 4) is 23.7 Å². The predicted octanol–water partition coefficient (Wildman–Crippen LogP) is 9.05. The molecule has 0 spiro atoms. The summed E-state index contributed by atoms with van der Waals surface area (Å²) >= 11 is 0. The molecule has 0 aromatic heterocycles. The summed E-state index contributed by atoms with van der Waals surface area (Å²) in [6.45, 7) is 10.8. The quantitative estimate of drug-likeness (QED) is 0.286. The Morgan fingerprint density at radius 1 is 0.912 bits per heavy atom. The van der Waals surface area contributed by atoms with Crippen LogP contribution in [-0.4, -0.2) is 5.78 Å². The van der Waals surface area contributed by atoms with Gasteiger partial charge >= 0.3 is 0 Å². The van der Waals surface area contributed by atoms with E-state index in [9.17, 15) is 4.79 Å². The molecule has 0 aliphatic carbocycles. The van der Waals surface area contributed by atoms with Crippen LogP contribution in [0.25, 0.3) is 0 Å². The Kier molecular flexibility index (Phi) is 14.3. The topological polar surface area (TPSA) is 17.1 Å². The molecule has 0 aliphatic rings. The highest BCUT2D eigenvalue weighted by Crippen LogP contribution is 2.35. The summed E-state index contributed by atoms with van der Waals surface area (Å²) in [5.74, 6) is 12.9. The molecule has 2 aromatic carbocycles. The predicted molar refractivity (Wildman–Crippen MR) is 150 cm³/mol. The van der Waals surface area contributed by atoms with Crippen LogP contribution in [0.3, 0.4) is 0 Å². The van der Waals surface area contributed by atoms with Crippen molar-refractivity contribution in [2.75, 3.05) is 0 Å². The molecule has 0 amide bonds. The fourth-order valence-electron chi connectivity index (χ4n) is 3.64. The molecule has 0 fully saturated rings. The molecule has 0 heterocycles. The normalized spacial score (nSPS) is 10.6. The fourth-order valence-corrected chi connectivity index (χ4v) is 3.64. The van der Waals surface area contributed by atoms with E-state index in [2.05, 4.69) is 81.7 Å². The van der Waals surface area contributed by atoms with E-state index in [1.54, 1.807) is 0 Å². The third kappa shape index (κ3) is 9.85. The van der Waals surface area contributed by atoms with Crippen LogP contribution in [0.5, 0.6) is 0 Å². The van der Waals surface area contributed by atoms with Crippen LogP contribution in [0.2, 0.25) is 0 Å². The number of hydrogen-bond acceptors (Lipinski definition) is 1. The van der Waals surface area contributed by atoms with Crippen molar-refractivity contribution >= 4 is 5.78 Å². The van der Waals surface area contributed by atoms with Crippen molar-refractivity contribution in [1.82, 2.24) is 0 Å². The van der Waals surface area contributed by atoms with Gasteiger partial charge in [-0.05, 0) is 60.6 Å². The molecular formula is C33H44O. The average Bonchev–Trinajstić information content (AvgIpc) is 2.81. The van der Waals surface area contributed by atoms with Crippen LogP contribution in [0.1, 0.15) is 109 Å². The minimum absolute atomic E-state index is 0. The van der Waals surface area contributed by atoms with Crippen molar-refractivity contribution in [3.05, 3.63) is 82.4 Å². The second kappa shape index (κ2) is 15.7. The molecule has 0 bridgehead atoms. The maximum absolute atomic E-state index is 12.9. The van der Waals surface area contributed by atoms with Crippen LogP contribution >= 0.6 is 0 Å². The van der Waals surface area contributed by atoms with Crippen molar-refractivity contribution in [2.45, 2.75) is 88.0 Å². The first-order chi connectivity index (χ1) is 15.4. The molecule has 0 N–H and O–H groups in total. The molecule has 0 aliphatic heterocycles. The van der Waals surface area contributed by atoms with Crippen molar-refractivity contribution in [2.24, 2.45) is 5.41 Å². The molecular weight excluding hydrogens is 412 g/mol. The van der Waals surface area contributed by atoms with Crippen molar-refractivity contribution in [3.63, 3.8) is 0 Å². The summed E-state index contributed by atoms with van der Waals surface area (Å²) in [6.07, 6.45) is 7.28. The molecule has 0 saturated carbocycles. The van der Waals surface area contributed by atoms with Crippen LogP contribution in [-0.2, 0) is 6.42 Å². The summed E-state index contributed by atoms with van der Waals surface area (Å²) in [5.41, 5.74) is 5.25. The number of rotatable bonds is 8. The first-order valence-corrected chi connectivity index (χ1v) is 11.8. The van der Waals surface area contributed by atoms with Crippen molar-refractivity contribution in [1.29, 1.82) is 0 Å². The van der Waals surface area contributed by atoms with Gasteiger partial charge in [0.25, 0.3) is 0 Å². The van der Waals surface area contributed by atoms with Gasteiger partial charge in [-0.3, -0.25) is 4.79 Å². The van der Waals surface area contributed by atoms with Gasteiger partial charge in [0.05, 0.1) is 0 Å². The highest BCUT2D eigenvalue weighted by molar-refractivity contribution is 5.96. The lowest BCUT2D eigenvalue weighted by Crippen LogP contribution is -2.17. The van der Waals surface area contributed by atoms with Gasteiger partial charge in [0.15, 0.2) is 5.78 Å². The van der Waals surface area contributed by atoms with Crippen LogP contribution in [0.15, 0.2) is 60.2 Å². The first kappa shape index (κ1) is 31.0. The summed E-state index contributed by atoms with van der Waals surface area (Å²) in [4.78, 5) is 12.9. The lowest BCUT2D eigenvalue weighted by molar-refractivity contribution is 0.0968. The summed E-state index contributed by atoms with van der Waals surface area (Å²) in [6, 6.07) is 16.1. The van der Waals surface area contributed by atoms with Gasteiger partial charge in [0, 0.05) is 29.5 Å². The van der Waals surface area contributed by atoms with Gasteiger partial charge in [-0.2, -0.15) is 0 Å². The molecule has 1 heteroatoms. The Bertz CT molecular complexity index is 1060. The van der Waals surface area contributed by atoms with E-state index in [1.165, 1.54) is 11.1 Å². The number of benzene rings is 2. The van der Waals surface area contributed by atoms with Gasteiger partial charge in [0.1, 0.15) is 0 Å². The lowest BCUT2D eigenvalue weighted by atomic mass is 9.77. The Hall–Kier alpha value is -3.03. The molecule has 0 unspecified atom stereocenters. The molecule has 182 valence electrons. The average molecular weight is 457 g/mol. The Morgan fingerprint density at radius 2 is 1.59 bits per heavy atom. The van der Waals surface area contributed by atoms with Gasteiger partial charge < -0.3 is 0 Å². The molecule has 1 nitrogen and oxygen atoms in total. The second-order valence-corrected chi connectivity index (χ2v) is 8.79. The van der Waals surface area contributed by atoms with Gasteiger partial charge in [0.2, 0.25) is 0 Å². The summed E-state index contributed by atoms with van der Waals surface area (Å²) in [5, 5.41) is 0. The fraction of sp³-hybridized carbons (Fsp3) is 0.424. The number of Topliss-reactive ketones (excluding diaryl/α,β-unsaturated/α-hetero) is 1. The minimum Gasteiger partial charge on any atom is -0.294 e. The number of allylic oxidation sites excluding steroid dienone is 2. The SMILES string of the molecule is C.C.CCC#Cc1cccc(C(=O)CCC(C)(C)/C(=C/C#Cc2cccc(CC)c2)CCC)c1. The number of carbonyl (C=O) groups excluding carboxylic acids is 1. The minimum atomic E-state index is -0.0781. The number of aryl methyl sites for hydroxylation is 1. The van der Waals surface area contributed by atoms with E-state index in [-0.39, 0.29) is 26.1 Å². The second-order valence-electron chi connectivity index (χ2n) is 8.79. The zero-order chi connectivity index (χ0) is 23.4. The zero-order valence-corrected chi connectivity index (χ0v) is 20.3. The highest BCUT2D eigenvalue weighted by Gasteiger charge is 2.24. The number of ketones is 1. The van der Waals surface area contributed by atoms with E-state index >= 15 is 0 Å². The summed E-state index contributed by atoms with van der Waals surface area (Å²) in [7, 11) is 0. The monoisotopic (exact) mass is 456 g/mol. The van der Waals surface area contributed by atoms with E-state index in [4.69, 9.17) is 0 Å². The summed E-state index contributed by atoms with van der Waals surface area (Å²) < 4.78 is 0. The van der Waals surface area contributed by atoms with Crippen LogP contribution in [0, 0.1) is 29.1 Å². The molecule has 0 atom stereocenters. The van der Waals surface area contributed by atoms with Crippen LogP contribution < -0.4 is 0 Å². The highest BCUT2D eigenvalue weighted by atomic mass is 16.1. The smallest absolute Gasteiger partial charge is 0.162 e. The molecule has 34 heavy (non-hydrogen) atoms. The van der Waals surface area contributed by atoms with E-state index in [0.29, 0.717) is 6.42 Å². The lowest BCUT2D eigenvalue weighted by Gasteiger charge is -2.27. The van der Waals surface area contributed by atoms with Gasteiger partial charge in [-0.15, -0.1) is 0 Å². The third-order valence-corrected chi connectivity index (χ3v) is 5.76. The zero-order valence-electron chi connectivity index (χ0n) is 20.3. The Balaban J connectivity index is 0.00000544. The largest absolute Gasteiger partial charge is 0.294 e. The Morgan fingerprint density at radius 3 is 2.24 bits per heavy atom. The maximum atomic E-state index is 12.9. The molecule has 2 rings (SSSR count). The third-order valence-electron chi connectivity index (χ3n) is 5.76. The number of carbonyl (C=O) groups is 1. The number of hydrogen-bond donors (Lipinski definition) is 0. The maximum Gasteiger partial charge on any atom is 0.162 e.